The summed E-state index contributed by atoms with van der Waals surface area (Å²) in [7, 11) is 0. The van der Waals surface area contributed by atoms with Gasteiger partial charge in [-0.1, -0.05) is 44.2 Å². The second-order valence-corrected chi connectivity index (χ2v) is 7.82. The predicted octanol–water partition coefficient (Wildman–Crippen LogP) is 5.56. The van der Waals surface area contributed by atoms with Crippen LogP contribution in [0.3, 0.4) is 0 Å². The monoisotopic (exact) mass is 366 g/mol. The van der Waals surface area contributed by atoms with Crippen LogP contribution in [0.5, 0.6) is 0 Å². The van der Waals surface area contributed by atoms with Gasteiger partial charge in [-0.15, -0.1) is 0 Å². The number of carbonyl (C=O) groups excluding carboxylic acids is 1. The molecule has 27 heavy (non-hydrogen) atoms. The van der Waals surface area contributed by atoms with E-state index in [1.807, 2.05) is 17.0 Å². The van der Waals surface area contributed by atoms with E-state index in [1.54, 1.807) is 6.07 Å². The normalized spacial score (nSPS) is 23.1. The molecule has 0 saturated carbocycles. The topological polar surface area (TPSA) is 32.3 Å². The van der Waals surface area contributed by atoms with Crippen molar-refractivity contribution in [3.63, 3.8) is 0 Å². The molecule has 2 aromatic rings. The molecule has 0 aliphatic carbocycles. The quantitative estimate of drug-likeness (QED) is 0.768. The second kappa shape index (κ2) is 7.34. The summed E-state index contributed by atoms with van der Waals surface area (Å²) in [5.41, 5.74) is 4.17. The summed E-state index contributed by atoms with van der Waals surface area (Å²) in [6, 6.07) is 13.3. The van der Waals surface area contributed by atoms with Crippen molar-refractivity contribution < 1.29 is 9.18 Å². The van der Waals surface area contributed by atoms with Gasteiger partial charge >= 0.3 is 0 Å². The zero-order valence-corrected chi connectivity index (χ0v) is 16.0. The van der Waals surface area contributed by atoms with Crippen LogP contribution in [0.25, 0.3) is 0 Å². The largest absolute Gasteiger partial charge is 0.378 e. The molecule has 0 bridgehead atoms. The highest BCUT2D eigenvalue weighted by Crippen LogP contribution is 2.44. The number of likely N-dealkylation sites (tertiary alicyclic amines) is 1. The highest BCUT2D eigenvalue weighted by molar-refractivity contribution is 5.79. The van der Waals surface area contributed by atoms with Gasteiger partial charge in [-0.05, 0) is 48.4 Å². The Morgan fingerprint density at radius 3 is 2.74 bits per heavy atom. The van der Waals surface area contributed by atoms with Gasteiger partial charge in [0, 0.05) is 24.2 Å². The molecule has 3 atom stereocenters. The van der Waals surface area contributed by atoms with Crippen LogP contribution in [0.1, 0.15) is 74.2 Å². The van der Waals surface area contributed by atoms with Crippen molar-refractivity contribution in [1.82, 2.24) is 4.90 Å². The van der Waals surface area contributed by atoms with Crippen LogP contribution < -0.4 is 5.32 Å². The lowest BCUT2D eigenvalue weighted by atomic mass is 9.85. The minimum Gasteiger partial charge on any atom is -0.378 e. The average molecular weight is 366 g/mol. The molecule has 1 amide bonds. The maximum Gasteiger partial charge on any atom is 0.223 e. The van der Waals surface area contributed by atoms with Crippen molar-refractivity contribution in [2.24, 2.45) is 0 Å². The third-order valence-corrected chi connectivity index (χ3v) is 6.17. The first kappa shape index (κ1) is 18.0. The summed E-state index contributed by atoms with van der Waals surface area (Å²) in [6.07, 6.45) is 3.31. The zero-order chi connectivity index (χ0) is 19.0. The third kappa shape index (κ3) is 3.33. The molecule has 0 radical (unpaired) electrons. The summed E-state index contributed by atoms with van der Waals surface area (Å²) < 4.78 is 14.4. The molecule has 2 aromatic carbocycles. The molecule has 4 heteroatoms. The van der Waals surface area contributed by atoms with Crippen LogP contribution in [0.2, 0.25) is 0 Å². The molecule has 4 rings (SSSR count). The van der Waals surface area contributed by atoms with Crippen molar-refractivity contribution in [1.29, 1.82) is 0 Å². The molecule has 142 valence electrons. The lowest BCUT2D eigenvalue weighted by molar-refractivity contribution is -0.130. The van der Waals surface area contributed by atoms with Crippen LogP contribution in [0.15, 0.2) is 42.5 Å². The Kier molecular flexibility index (Phi) is 4.90. The van der Waals surface area contributed by atoms with E-state index in [1.165, 1.54) is 17.2 Å². The molecule has 2 aliphatic heterocycles. The Bertz CT molecular complexity index is 850. The molecule has 0 aromatic heterocycles. The Labute approximate surface area is 160 Å². The van der Waals surface area contributed by atoms with Crippen LogP contribution in [0.4, 0.5) is 10.1 Å². The molecule has 3 nitrogen and oxygen atoms in total. The van der Waals surface area contributed by atoms with Gasteiger partial charge < -0.3 is 10.2 Å². The lowest BCUT2D eigenvalue weighted by Gasteiger charge is -2.39. The minimum absolute atomic E-state index is 0.00450. The third-order valence-electron chi connectivity index (χ3n) is 6.17. The van der Waals surface area contributed by atoms with Crippen molar-refractivity contribution >= 4 is 11.6 Å². The van der Waals surface area contributed by atoms with E-state index >= 15 is 0 Å². The summed E-state index contributed by atoms with van der Waals surface area (Å²) in [4.78, 5) is 14.5. The van der Waals surface area contributed by atoms with Gasteiger partial charge in [0.2, 0.25) is 5.91 Å². The van der Waals surface area contributed by atoms with Gasteiger partial charge in [0.1, 0.15) is 5.82 Å². The number of nitrogens with zero attached hydrogens (tertiary/aromatic N) is 1. The molecule has 3 unspecified atom stereocenters. The molecule has 2 heterocycles. The molecular weight excluding hydrogens is 339 g/mol. The van der Waals surface area contributed by atoms with Gasteiger partial charge in [0.05, 0.1) is 12.1 Å². The highest BCUT2D eigenvalue weighted by Gasteiger charge is 2.36. The van der Waals surface area contributed by atoms with E-state index in [4.69, 9.17) is 0 Å². The number of amides is 1. The molecular formula is C23H27FN2O. The van der Waals surface area contributed by atoms with Gasteiger partial charge in [-0.3, -0.25) is 4.79 Å². The number of benzene rings is 2. The average Bonchev–Trinajstić information content (AvgIpc) is 3.12. The molecule has 1 N–H and O–H groups in total. The van der Waals surface area contributed by atoms with E-state index in [2.05, 4.69) is 37.4 Å². The number of nitrogens with one attached hydrogen (secondary N) is 1. The maximum absolute atomic E-state index is 14.4. The first-order chi connectivity index (χ1) is 13.1. The fourth-order valence-corrected chi connectivity index (χ4v) is 4.38. The predicted molar refractivity (Wildman–Crippen MR) is 106 cm³/mol. The summed E-state index contributed by atoms with van der Waals surface area (Å²) >= 11 is 0. The lowest BCUT2D eigenvalue weighted by Crippen LogP contribution is -2.35. The number of fused-ring (bicyclic) bond motifs is 1. The first-order valence-electron chi connectivity index (χ1n) is 10.0. The molecule has 2 aliphatic rings. The fraction of sp³-hybridized carbons (Fsp3) is 0.435. The Hall–Kier alpha value is -2.36. The van der Waals surface area contributed by atoms with E-state index in [9.17, 15) is 9.18 Å². The molecule has 1 fully saturated rings. The Morgan fingerprint density at radius 2 is 2.04 bits per heavy atom. The number of hydrogen-bond acceptors (Lipinski definition) is 2. The number of halogens is 1. The SMILES string of the molecule is CCC(C)c1ccc2c(c1)C(N1CCCC1=O)CC(c1ccccc1F)N2. The van der Waals surface area contributed by atoms with E-state index in [0.717, 1.165) is 25.1 Å². The number of carbonyl (C=O) groups is 1. The maximum atomic E-state index is 14.4. The summed E-state index contributed by atoms with van der Waals surface area (Å²) in [6.45, 7) is 5.22. The van der Waals surface area contributed by atoms with E-state index < -0.39 is 0 Å². The van der Waals surface area contributed by atoms with E-state index in [0.29, 0.717) is 24.3 Å². The van der Waals surface area contributed by atoms with E-state index in [-0.39, 0.29) is 23.8 Å². The van der Waals surface area contributed by atoms with Crippen LogP contribution in [0, 0.1) is 5.82 Å². The number of rotatable bonds is 4. The van der Waals surface area contributed by atoms with Gasteiger partial charge in [-0.25, -0.2) is 4.39 Å². The van der Waals surface area contributed by atoms with Gasteiger partial charge in [0.25, 0.3) is 0 Å². The standard InChI is InChI=1S/C23H27FN2O/c1-3-15(2)16-10-11-20-18(13-16)22(26-12-6-9-23(26)27)14-21(25-20)17-7-4-5-8-19(17)24/h4-5,7-8,10-11,13,15,21-22,25H,3,6,9,12,14H2,1-2H3. The molecule has 0 spiro atoms. The highest BCUT2D eigenvalue weighted by atomic mass is 19.1. The summed E-state index contributed by atoms with van der Waals surface area (Å²) in [5, 5.41) is 3.53. The van der Waals surface area contributed by atoms with Crippen molar-refractivity contribution in [2.75, 3.05) is 11.9 Å². The van der Waals surface area contributed by atoms with Crippen molar-refractivity contribution in [2.45, 2.75) is 57.5 Å². The molecule has 1 saturated heterocycles. The first-order valence-corrected chi connectivity index (χ1v) is 10.0. The Balaban J connectivity index is 1.76. The van der Waals surface area contributed by atoms with Crippen LogP contribution >= 0.6 is 0 Å². The smallest absolute Gasteiger partial charge is 0.223 e. The minimum atomic E-state index is -0.193. The fourth-order valence-electron chi connectivity index (χ4n) is 4.38. The van der Waals surface area contributed by atoms with Crippen molar-refractivity contribution in [3.8, 4) is 0 Å². The van der Waals surface area contributed by atoms with Crippen LogP contribution in [-0.4, -0.2) is 17.4 Å². The second-order valence-electron chi connectivity index (χ2n) is 7.82. The van der Waals surface area contributed by atoms with Crippen molar-refractivity contribution in [3.05, 3.63) is 65.0 Å². The van der Waals surface area contributed by atoms with Gasteiger partial charge in [0.15, 0.2) is 0 Å². The number of hydrogen-bond donors (Lipinski definition) is 1. The number of anilines is 1. The zero-order valence-electron chi connectivity index (χ0n) is 16.0. The Morgan fingerprint density at radius 1 is 1.22 bits per heavy atom. The van der Waals surface area contributed by atoms with Crippen LogP contribution in [-0.2, 0) is 4.79 Å². The van der Waals surface area contributed by atoms with Gasteiger partial charge in [-0.2, -0.15) is 0 Å². The summed E-state index contributed by atoms with van der Waals surface area (Å²) in [5.74, 6) is 0.504.